The van der Waals surface area contributed by atoms with Gasteiger partial charge in [0.1, 0.15) is 28.7 Å². The Bertz CT molecular complexity index is 1690. The molecular formula is C33H32N2O6. The third-order valence-electron chi connectivity index (χ3n) is 7.21. The van der Waals surface area contributed by atoms with Crippen molar-refractivity contribution in [1.29, 1.82) is 5.26 Å². The normalized spacial score (nSPS) is 14.3. The number of nitrogens with two attached hydrogens (primary N) is 1. The maximum Gasteiger partial charge on any atom is 0.379 e. The van der Waals surface area contributed by atoms with Crippen LogP contribution in [-0.2, 0) is 0 Å². The van der Waals surface area contributed by atoms with Gasteiger partial charge in [-0.05, 0) is 55.7 Å². The van der Waals surface area contributed by atoms with Crippen LogP contribution in [0.25, 0.3) is 11.0 Å². The number of hydrogen-bond acceptors (Lipinski definition) is 8. The Hall–Kier alpha value is -4.90. The fourth-order valence-electron chi connectivity index (χ4n) is 5.04. The van der Waals surface area contributed by atoms with Crippen LogP contribution in [0.2, 0.25) is 0 Å². The summed E-state index contributed by atoms with van der Waals surface area (Å²) in [5.74, 6) is 0.811. The molecule has 41 heavy (non-hydrogen) atoms. The molecule has 0 aliphatic carbocycles. The molecule has 0 saturated heterocycles. The summed E-state index contributed by atoms with van der Waals surface area (Å²) < 4.78 is 28.9. The first-order chi connectivity index (χ1) is 19.8. The standard InChI is InChI=1S/C33H32N2O6/c1-5-6-7-14-38-26-13-9-21(16-29(26)37-4)30-24-12-10-22(17-28(24)41-32(35)25(30)18-34)39-33(36)31-20(3)23-11-8-19(2)15-27(23)40-31/h8-13,15-17,30H,5-7,14,35H2,1-4H3. The molecule has 0 fully saturated rings. The van der Waals surface area contributed by atoms with E-state index in [-0.39, 0.29) is 23.0 Å². The molecule has 1 aromatic heterocycles. The Morgan fingerprint density at radius 2 is 1.88 bits per heavy atom. The van der Waals surface area contributed by atoms with Crippen LogP contribution in [0.5, 0.6) is 23.0 Å². The molecule has 2 N–H and O–H groups in total. The van der Waals surface area contributed by atoms with Crippen molar-refractivity contribution in [3.8, 4) is 29.1 Å². The van der Waals surface area contributed by atoms with E-state index in [0.717, 1.165) is 35.8 Å². The first kappa shape index (κ1) is 27.7. The fraction of sp³-hybridized carbons (Fsp3) is 0.273. The lowest BCUT2D eigenvalue weighted by Crippen LogP contribution is -2.21. The molecule has 5 rings (SSSR count). The number of esters is 1. The first-order valence-corrected chi connectivity index (χ1v) is 13.6. The second-order valence-electron chi connectivity index (χ2n) is 10.0. The molecule has 0 bridgehead atoms. The number of benzene rings is 3. The van der Waals surface area contributed by atoms with Crippen molar-refractivity contribution < 1.29 is 28.2 Å². The molecule has 1 aliphatic rings. The molecule has 1 atom stereocenters. The summed E-state index contributed by atoms with van der Waals surface area (Å²) in [7, 11) is 1.58. The minimum Gasteiger partial charge on any atom is -0.493 e. The summed E-state index contributed by atoms with van der Waals surface area (Å²) >= 11 is 0. The summed E-state index contributed by atoms with van der Waals surface area (Å²) in [5.41, 5.74) is 10.3. The minimum absolute atomic E-state index is 0.0177. The average molecular weight is 553 g/mol. The highest BCUT2D eigenvalue weighted by Crippen LogP contribution is 2.45. The molecular weight excluding hydrogens is 520 g/mol. The highest BCUT2D eigenvalue weighted by molar-refractivity contribution is 5.97. The van der Waals surface area contributed by atoms with Gasteiger partial charge >= 0.3 is 5.97 Å². The summed E-state index contributed by atoms with van der Waals surface area (Å²) in [6.07, 6.45) is 3.15. The quantitative estimate of drug-likeness (QED) is 0.133. The van der Waals surface area contributed by atoms with Gasteiger partial charge in [0.25, 0.3) is 0 Å². The Balaban J connectivity index is 1.44. The number of aryl methyl sites for hydroxylation is 2. The number of unbranched alkanes of at least 4 members (excludes halogenated alkanes) is 2. The van der Waals surface area contributed by atoms with Crippen molar-refractivity contribution in [3.05, 3.63) is 94.1 Å². The summed E-state index contributed by atoms with van der Waals surface area (Å²) in [6.45, 7) is 6.51. The van der Waals surface area contributed by atoms with Gasteiger partial charge in [-0.25, -0.2) is 4.79 Å². The highest BCUT2D eigenvalue weighted by atomic mass is 16.5. The van der Waals surface area contributed by atoms with Gasteiger partial charge in [0.15, 0.2) is 11.5 Å². The van der Waals surface area contributed by atoms with Gasteiger partial charge in [0, 0.05) is 22.6 Å². The number of allylic oxidation sites excluding steroid dienone is 1. The Morgan fingerprint density at radius 3 is 2.63 bits per heavy atom. The van der Waals surface area contributed by atoms with E-state index >= 15 is 0 Å². The molecule has 0 amide bonds. The second kappa shape index (κ2) is 11.7. The van der Waals surface area contributed by atoms with E-state index in [4.69, 9.17) is 29.1 Å². The number of carbonyl (C=O) groups excluding carboxylic acids is 1. The summed E-state index contributed by atoms with van der Waals surface area (Å²) in [5, 5.41) is 10.8. The topological polar surface area (TPSA) is 117 Å². The summed E-state index contributed by atoms with van der Waals surface area (Å²) in [4.78, 5) is 13.1. The molecule has 1 unspecified atom stereocenters. The molecule has 210 valence electrons. The zero-order chi connectivity index (χ0) is 29.1. The summed E-state index contributed by atoms with van der Waals surface area (Å²) in [6, 6.07) is 18.6. The minimum atomic E-state index is -0.621. The highest BCUT2D eigenvalue weighted by Gasteiger charge is 2.32. The van der Waals surface area contributed by atoms with Gasteiger partial charge in [0.05, 0.1) is 19.6 Å². The van der Waals surface area contributed by atoms with Crippen molar-refractivity contribution in [3.63, 3.8) is 0 Å². The maximum atomic E-state index is 13.1. The Labute approximate surface area is 238 Å². The van der Waals surface area contributed by atoms with Gasteiger partial charge < -0.3 is 29.1 Å². The number of furan rings is 1. The van der Waals surface area contributed by atoms with E-state index in [1.54, 1.807) is 25.3 Å². The van der Waals surface area contributed by atoms with Crippen molar-refractivity contribution in [2.24, 2.45) is 5.73 Å². The van der Waals surface area contributed by atoms with E-state index < -0.39 is 11.9 Å². The predicted molar refractivity (Wildman–Crippen MR) is 154 cm³/mol. The van der Waals surface area contributed by atoms with E-state index in [1.165, 1.54) is 0 Å². The van der Waals surface area contributed by atoms with Gasteiger partial charge in [-0.3, -0.25) is 0 Å². The predicted octanol–water partition coefficient (Wildman–Crippen LogP) is 7.06. The van der Waals surface area contributed by atoms with Crippen LogP contribution < -0.4 is 24.7 Å². The Kier molecular flexibility index (Phi) is 7.88. The van der Waals surface area contributed by atoms with Crippen molar-refractivity contribution in [2.45, 2.75) is 46.0 Å². The largest absolute Gasteiger partial charge is 0.493 e. The van der Waals surface area contributed by atoms with Crippen LogP contribution in [0.1, 0.15) is 64.9 Å². The second-order valence-corrected chi connectivity index (χ2v) is 10.0. The molecule has 8 nitrogen and oxygen atoms in total. The maximum absolute atomic E-state index is 13.1. The SMILES string of the molecule is CCCCCOc1ccc(C2C(C#N)=C(N)Oc3cc(OC(=O)c4oc5cc(C)ccc5c4C)ccc32)cc1OC. The molecule has 8 heteroatoms. The third kappa shape index (κ3) is 5.44. The monoisotopic (exact) mass is 552 g/mol. The lowest BCUT2D eigenvalue weighted by Gasteiger charge is -2.27. The van der Waals surface area contributed by atoms with Gasteiger partial charge in [0.2, 0.25) is 11.6 Å². The lowest BCUT2D eigenvalue weighted by atomic mass is 9.83. The van der Waals surface area contributed by atoms with Gasteiger partial charge in [-0.15, -0.1) is 0 Å². The smallest absolute Gasteiger partial charge is 0.379 e. The molecule has 2 heterocycles. The molecule has 1 aliphatic heterocycles. The van der Waals surface area contributed by atoms with Crippen LogP contribution in [0.3, 0.4) is 0 Å². The molecule has 0 spiro atoms. The van der Waals surface area contributed by atoms with Crippen LogP contribution in [0, 0.1) is 25.2 Å². The van der Waals surface area contributed by atoms with Crippen molar-refractivity contribution in [1.82, 2.24) is 0 Å². The molecule has 4 aromatic rings. The fourth-order valence-corrected chi connectivity index (χ4v) is 5.04. The van der Waals surface area contributed by atoms with Crippen molar-refractivity contribution >= 4 is 16.9 Å². The number of hydrogen-bond donors (Lipinski definition) is 1. The average Bonchev–Trinajstić information content (AvgIpc) is 3.29. The number of rotatable bonds is 9. The third-order valence-corrected chi connectivity index (χ3v) is 7.21. The van der Waals surface area contributed by atoms with Crippen molar-refractivity contribution in [2.75, 3.05) is 13.7 Å². The molecule has 0 radical (unpaired) electrons. The number of carbonyl (C=O) groups is 1. The van der Waals surface area contributed by atoms with Gasteiger partial charge in [-0.2, -0.15) is 5.26 Å². The van der Waals surface area contributed by atoms with Crippen LogP contribution in [-0.4, -0.2) is 19.7 Å². The number of nitriles is 1. The zero-order valence-electron chi connectivity index (χ0n) is 23.6. The molecule has 3 aromatic carbocycles. The molecule has 0 saturated carbocycles. The number of ether oxygens (including phenoxy) is 4. The first-order valence-electron chi connectivity index (χ1n) is 13.6. The van der Waals surface area contributed by atoms with Crippen LogP contribution in [0.15, 0.2) is 70.5 Å². The van der Waals surface area contributed by atoms with Crippen LogP contribution >= 0.6 is 0 Å². The van der Waals surface area contributed by atoms with E-state index in [9.17, 15) is 10.1 Å². The van der Waals surface area contributed by atoms with E-state index in [1.807, 2.05) is 50.2 Å². The zero-order valence-corrected chi connectivity index (χ0v) is 23.6. The lowest BCUT2D eigenvalue weighted by molar-refractivity contribution is 0.0702. The van der Waals surface area contributed by atoms with E-state index in [2.05, 4.69) is 13.0 Å². The van der Waals surface area contributed by atoms with Gasteiger partial charge in [-0.1, -0.05) is 44.0 Å². The number of nitrogens with zero attached hydrogens (tertiary/aromatic N) is 1. The number of fused-ring (bicyclic) bond motifs is 2. The van der Waals surface area contributed by atoms with Crippen LogP contribution in [0.4, 0.5) is 0 Å². The Morgan fingerprint density at radius 1 is 1.05 bits per heavy atom. The van der Waals surface area contributed by atoms with E-state index in [0.29, 0.717) is 40.6 Å². The number of methoxy groups -OCH3 is 1.